The van der Waals surface area contributed by atoms with E-state index in [-0.39, 0.29) is 12.3 Å². The molecule has 0 aliphatic rings. The molecule has 1 aromatic heterocycles. The molecule has 0 aliphatic heterocycles. The number of unbranched alkanes of at least 4 members (excludes halogenated alkanes) is 1. The molecule has 2 N–H and O–H groups in total. The number of hydrogen-bond donors (Lipinski definition) is 1. The van der Waals surface area contributed by atoms with E-state index in [0.29, 0.717) is 6.61 Å². The van der Waals surface area contributed by atoms with Gasteiger partial charge < -0.3 is 15.0 Å². The highest BCUT2D eigenvalue weighted by atomic mass is 16.5. The van der Waals surface area contributed by atoms with Crippen LogP contribution in [0, 0.1) is 6.92 Å². The zero-order chi connectivity index (χ0) is 18.5. The Hall–Kier alpha value is -2.75. The summed E-state index contributed by atoms with van der Waals surface area (Å²) in [5, 5.41) is 1.05. The van der Waals surface area contributed by atoms with Gasteiger partial charge in [0.25, 0.3) is 0 Å². The lowest BCUT2D eigenvalue weighted by Gasteiger charge is -2.09. The number of fused-ring (bicyclic) bond motifs is 1. The molecule has 0 radical (unpaired) electrons. The Bertz CT molecular complexity index is 897. The number of benzene rings is 2. The Morgan fingerprint density at radius 3 is 2.62 bits per heavy atom. The van der Waals surface area contributed by atoms with Gasteiger partial charge in [0.15, 0.2) is 0 Å². The second kappa shape index (κ2) is 8.09. The van der Waals surface area contributed by atoms with Crippen LogP contribution in [0.1, 0.15) is 36.6 Å². The van der Waals surface area contributed by atoms with Crippen LogP contribution >= 0.6 is 0 Å². The third-order valence-electron chi connectivity index (χ3n) is 4.73. The number of carbonyl (C=O) groups excluding carboxylic acids is 1. The minimum Gasteiger partial charge on any atom is -0.494 e. The number of hydrogen-bond acceptors (Lipinski definition) is 2. The molecular formula is C22H26N2O2. The SMILES string of the molecule is CCCCOc1ccc2c(c1)c(CC(N)=O)c(C)n2Cc1ccccc1. The fourth-order valence-electron chi connectivity index (χ4n) is 3.32. The van der Waals surface area contributed by atoms with Gasteiger partial charge in [-0.15, -0.1) is 0 Å². The molecule has 4 nitrogen and oxygen atoms in total. The van der Waals surface area contributed by atoms with Crippen molar-refractivity contribution in [3.8, 4) is 5.75 Å². The number of ether oxygens (including phenoxy) is 1. The lowest BCUT2D eigenvalue weighted by Crippen LogP contribution is -2.14. The van der Waals surface area contributed by atoms with Crippen molar-refractivity contribution in [2.75, 3.05) is 6.61 Å². The quantitative estimate of drug-likeness (QED) is 0.619. The van der Waals surface area contributed by atoms with Crippen LogP contribution in [0.2, 0.25) is 0 Å². The molecule has 0 aliphatic carbocycles. The van der Waals surface area contributed by atoms with Gasteiger partial charge in [-0.05, 0) is 42.7 Å². The Balaban J connectivity index is 2.03. The van der Waals surface area contributed by atoms with Gasteiger partial charge >= 0.3 is 0 Å². The zero-order valence-electron chi connectivity index (χ0n) is 15.5. The van der Waals surface area contributed by atoms with E-state index >= 15 is 0 Å². The molecule has 0 spiro atoms. The number of amides is 1. The molecule has 2 aromatic carbocycles. The average molecular weight is 350 g/mol. The highest BCUT2D eigenvalue weighted by Gasteiger charge is 2.16. The fourth-order valence-corrected chi connectivity index (χ4v) is 3.32. The summed E-state index contributed by atoms with van der Waals surface area (Å²) in [5.41, 5.74) is 9.90. The minimum atomic E-state index is -0.316. The third kappa shape index (κ3) is 3.90. The summed E-state index contributed by atoms with van der Waals surface area (Å²) in [4.78, 5) is 11.6. The van der Waals surface area contributed by atoms with Gasteiger partial charge in [0, 0.05) is 23.1 Å². The van der Waals surface area contributed by atoms with Crippen LogP contribution in [0.25, 0.3) is 10.9 Å². The average Bonchev–Trinajstić information content (AvgIpc) is 2.88. The summed E-state index contributed by atoms with van der Waals surface area (Å²) in [6, 6.07) is 16.5. The highest BCUT2D eigenvalue weighted by molar-refractivity contribution is 5.91. The summed E-state index contributed by atoms with van der Waals surface area (Å²) in [6.07, 6.45) is 2.37. The monoisotopic (exact) mass is 350 g/mol. The number of primary amides is 1. The van der Waals surface area contributed by atoms with Crippen LogP contribution in [0.5, 0.6) is 5.75 Å². The predicted molar refractivity (Wildman–Crippen MR) is 106 cm³/mol. The molecule has 3 rings (SSSR count). The first-order valence-corrected chi connectivity index (χ1v) is 9.17. The second-order valence-corrected chi connectivity index (χ2v) is 6.66. The first-order valence-electron chi connectivity index (χ1n) is 9.17. The summed E-state index contributed by atoms with van der Waals surface area (Å²) in [7, 11) is 0. The molecule has 0 unspecified atom stereocenters. The Morgan fingerprint density at radius 1 is 1.15 bits per heavy atom. The van der Waals surface area contributed by atoms with Gasteiger partial charge in [0.1, 0.15) is 5.75 Å². The molecule has 1 amide bonds. The molecule has 26 heavy (non-hydrogen) atoms. The van der Waals surface area contributed by atoms with E-state index in [1.165, 1.54) is 5.56 Å². The van der Waals surface area contributed by atoms with Crippen molar-refractivity contribution in [1.29, 1.82) is 0 Å². The Kier molecular flexibility index (Phi) is 5.61. The Morgan fingerprint density at radius 2 is 1.92 bits per heavy atom. The van der Waals surface area contributed by atoms with Crippen LogP contribution in [0.4, 0.5) is 0 Å². The fraction of sp³-hybridized carbons (Fsp3) is 0.318. The van der Waals surface area contributed by atoms with Crippen molar-refractivity contribution in [2.24, 2.45) is 5.73 Å². The third-order valence-corrected chi connectivity index (χ3v) is 4.73. The minimum absolute atomic E-state index is 0.239. The second-order valence-electron chi connectivity index (χ2n) is 6.66. The molecule has 0 saturated carbocycles. The number of aromatic nitrogens is 1. The Labute approximate surface area is 154 Å². The maximum atomic E-state index is 11.6. The molecule has 3 aromatic rings. The number of nitrogens with two attached hydrogens (primary N) is 1. The summed E-state index contributed by atoms with van der Waals surface area (Å²) < 4.78 is 8.11. The van der Waals surface area contributed by atoms with E-state index in [0.717, 1.165) is 47.3 Å². The van der Waals surface area contributed by atoms with Crippen molar-refractivity contribution in [2.45, 2.75) is 39.7 Å². The van der Waals surface area contributed by atoms with Gasteiger partial charge in [-0.25, -0.2) is 0 Å². The van der Waals surface area contributed by atoms with Gasteiger partial charge in [0.2, 0.25) is 5.91 Å². The summed E-state index contributed by atoms with van der Waals surface area (Å²) in [5.74, 6) is 0.526. The van der Waals surface area contributed by atoms with Crippen molar-refractivity contribution < 1.29 is 9.53 Å². The van der Waals surface area contributed by atoms with Gasteiger partial charge in [-0.1, -0.05) is 43.7 Å². The van der Waals surface area contributed by atoms with E-state index in [1.54, 1.807) is 0 Å². The maximum Gasteiger partial charge on any atom is 0.221 e. The largest absolute Gasteiger partial charge is 0.494 e. The lowest BCUT2D eigenvalue weighted by molar-refractivity contribution is -0.117. The van der Waals surface area contributed by atoms with Gasteiger partial charge in [0.05, 0.1) is 13.0 Å². The molecule has 136 valence electrons. The van der Waals surface area contributed by atoms with Crippen molar-refractivity contribution in [3.63, 3.8) is 0 Å². The van der Waals surface area contributed by atoms with Crippen LogP contribution in [-0.2, 0) is 17.8 Å². The highest BCUT2D eigenvalue weighted by Crippen LogP contribution is 2.30. The van der Waals surface area contributed by atoms with Gasteiger partial charge in [-0.2, -0.15) is 0 Å². The van der Waals surface area contributed by atoms with E-state index in [1.807, 2.05) is 30.3 Å². The van der Waals surface area contributed by atoms with Crippen LogP contribution in [0.15, 0.2) is 48.5 Å². The standard InChI is InChI=1S/C22H26N2O2/c1-3-4-12-26-18-10-11-21-20(13-18)19(14-22(23)25)16(2)24(21)15-17-8-6-5-7-9-17/h5-11,13H,3-4,12,14-15H2,1-2H3,(H2,23,25). The van der Waals surface area contributed by atoms with E-state index in [2.05, 4.69) is 36.6 Å². The number of rotatable bonds is 8. The van der Waals surface area contributed by atoms with E-state index in [4.69, 9.17) is 10.5 Å². The molecular weight excluding hydrogens is 324 g/mol. The predicted octanol–water partition coefficient (Wildman–Crippen LogP) is 4.20. The zero-order valence-corrected chi connectivity index (χ0v) is 15.5. The van der Waals surface area contributed by atoms with Crippen LogP contribution < -0.4 is 10.5 Å². The van der Waals surface area contributed by atoms with E-state index in [9.17, 15) is 4.79 Å². The van der Waals surface area contributed by atoms with Crippen molar-refractivity contribution >= 4 is 16.8 Å². The molecule has 0 fully saturated rings. The first-order chi connectivity index (χ1) is 12.6. The summed E-state index contributed by atoms with van der Waals surface area (Å²) >= 11 is 0. The maximum absolute atomic E-state index is 11.6. The lowest BCUT2D eigenvalue weighted by atomic mass is 10.1. The first kappa shape index (κ1) is 18.1. The molecule has 0 atom stereocenters. The van der Waals surface area contributed by atoms with Crippen molar-refractivity contribution in [3.05, 3.63) is 65.4 Å². The molecule has 1 heterocycles. The smallest absolute Gasteiger partial charge is 0.221 e. The topological polar surface area (TPSA) is 57.2 Å². The number of carbonyl (C=O) groups is 1. The number of nitrogens with zero attached hydrogens (tertiary/aromatic N) is 1. The van der Waals surface area contributed by atoms with Crippen LogP contribution in [-0.4, -0.2) is 17.1 Å². The van der Waals surface area contributed by atoms with Crippen LogP contribution in [0.3, 0.4) is 0 Å². The normalized spacial score (nSPS) is 11.0. The van der Waals surface area contributed by atoms with Gasteiger partial charge in [-0.3, -0.25) is 4.79 Å². The van der Waals surface area contributed by atoms with Crippen molar-refractivity contribution in [1.82, 2.24) is 4.57 Å². The molecule has 4 heteroatoms. The molecule has 0 saturated heterocycles. The van der Waals surface area contributed by atoms with E-state index < -0.39 is 0 Å². The summed E-state index contributed by atoms with van der Waals surface area (Å²) in [6.45, 7) is 5.66. The molecule has 0 bridgehead atoms.